The molecule has 0 fully saturated rings. The first-order valence-electron chi connectivity index (χ1n) is 3.72. The number of ether oxygens (including phenoxy) is 1. The molecule has 1 rings (SSSR count). The Hall–Kier alpha value is -1.65. The zero-order valence-electron chi connectivity index (χ0n) is 7.81. The molecule has 0 saturated heterocycles. The Morgan fingerprint density at radius 2 is 2.23 bits per heavy atom. The molecule has 0 radical (unpaired) electrons. The summed E-state index contributed by atoms with van der Waals surface area (Å²) in [5.41, 5.74) is 0.370. The van der Waals surface area contributed by atoms with Crippen LogP contribution in [0.1, 0.15) is 10.4 Å². The average Bonchev–Trinajstić information content (AvgIpc) is 2.16. The maximum Gasteiger partial charge on any atom is 0.343 e. The van der Waals surface area contributed by atoms with Crippen LogP contribution in [0.2, 0.25) is 0 Å². The van der Waals surface area contributed by atoms with E-state index in [1.807, 2.05) is 0 Å². The predicted octanol–water partition coefficient (Wildman–Crippen LogP) is 0.329. The van der Waals surface area contributed by atoms with Gasteiger partial charge in [0.25, 0.3) is 0 Å². The van der Waals surface area contributed by atoms with E-state index in [4.69, 9.17) is 0 Å². The zero-order chi connectivity index (χ0) is 9.84. The van der Waals surface area contributed by atoms with Crippen molar-refractivity contribution < 1.29 is 9.53 Å². The smallest absolute Gasteiger partial charge is 0.343 e. The van der Waals surface area contributed by atoms with Gasteiger partial charge in [-0.2, -0.15) is 0 Å². The van der Waals surface area contributed by atoms with Crippen molar-refractivity contribution in [1.82, 2.24) is 9.97 Å². The number of methoxy groups -OCH3 is 1. The molecule has 5 heteroatoms. The predicted molar refractivity (Wildman–Crippen MR) is 47.7 cm³/mol. The molecule has 1 heterocycles. The summed E-state index contributed by atoms with van der Waals surface area (Å²) in [4.78, 5) is 20.7. The van der Waals surface area contributed by atoms with Gasteiger partial charge in [-0.05, 0) is 0 Å². The van der Waals surface area contributed by atoms with E-state index in [1.54, 1.807) is 19.0 Å². The zero-order valence-corrected chi connectivity index (χ0v) is 7.81. The third-order valence-electron chi connectivity index (χ3n) is 1.52. The average molecular weight is 181 g/mol. The lowest BCUT2D eigenvalue weighted by Gasteiger charge is -2.13. The highest BCUT2D eigenvalue weighted by Gasteiger charge is 2.13. The molecule has 1 aromatic rings. The Labute approximate surface area is 76.4 Å². The number of rotatable bonds is 2. The maximum atomic E-state index is 11.2. The monoisotopic (exact) mass is 181 g/mol. The Morgan fingerprint density at radius 3 is 2.77 bits per heavy atom. The minimum absolute atomic E-state index is 0.370. The van der Waals surface area contributed by atoms with Crippen molar-refractivity contribution in [3.8, 4) is 0 Å². The van der Waals surface area contributed by atoms with Crippen LogP contribution in [-0.4, -0.2) is 37.1 Å². The number of aromatic nitrogens is 2. The van der Waals surface area contributed by atoms with E-state index in [0.29, 0.717) is 11.4 Å². The summed E-state index contributed by atoms with van der Waals surface area (Å²) in [6.07, 6.45) is 2.83. The molecule has 13 heavy (non-hydrogen) atoms. The van der Waals surface area contributed by atoms with E-state index >= 15 is 0 Å². The second-order valence-electron chi connectivity index (χ2n) is 2.65. The molecule has 1 aromatic heterocycles. The van der Waals surface area contributed by atoms with Crippen LogP contribution in [0.5, 0.6) is 0 Å². The number of carbonyl (C=O) groups is 1. The lowest BCUT2D eigenvalue weighted by molar-refractivity contribution is 0.0600. The van der Waals surface area contributed by atoms with Crippen molar-refractivity contribution in [3.05, 3.63) is 18.1 Å². The highest BCUT2D eigenvalue weighted by molar-refractivity contribution is 5.94. The summed E-state index contributed by atoms with van der Waals surface area (Å²) in [5.74, 6) is 0.131. The molecule has 0 bridgehead atoms. The highest BCUT2D eigenvalue weighted by Crippen LogP contribution is 2.13. The summed E-state index contributed by atoms with van der Waals surface area (Å²) >= 11 is 0. The molecule has 0 amide bonds. The number of hydrogen-bond donors (Lipinski definition) is 0. The van der Waals surface area contributed by atoms with Gasteiger partial charge >= 0.3 is 5.97 Å². The Morgan fingerprint density at radius 1 is 1.54 bits per heavy atom. The lowest BCUT2D eigenvalue weighted by atomic mass is 10.3. The Kier molecular flexibility index (Phi) is 2.79. The first kappa shape index (κ1) is 9.44. The van der Waals surface area contributed by atoms with Gasteiger partial charge in [-0.1, -0.05) is 0 Å². The summed E-state index contributed by atoms with van der Waals surface area (Å²) in [7, 11) is 4.93. The number of carbonyl (C=O) groups excluding carboxylic acids is 1. The lowest BCUT2D eigenvalue weighted by Crippen LogP contribution is -2.16. The van der Waals surface area contributed by atoms with Gasteiger partial charge in [-0.15, -0.1) is 0 Å². The van der Waals surface area contributed by atoms with Gasteiger partial charge in [-0.25, -0.2) is 14.8 Å². The van der Waals surface area contributed by atoms with Gasteiger partial charge in [-0.3, -0.25) is 0 Å². The van der Waals surface area contributed by atoms with Crippen LogP contribution in [-0.2, 0) is 4.74 Å². The molecular weight excluding hydrogens is 170 g/mol. The van der Waals surface area contributed by atoms with E-state index in [1.165, 1.54) is 19.6 Å². The minimum atomic E-state index is -0.427. The van der Waals surface area contributed by atoms with Crippen LogP contribution < -0.4 is 4.90 Å². The second-order valence-corrected chi connectivity index (χ2v) is 2.65. The van der Waals surface area contributed by atoms with Gasteiger partial charge in [0.2, 0.25) is 0 Å². The van der Waals surface area contributed by atoms with Gasteiger partial charge in [0, 0.05) is 20.3 Å². The van der Waals surface area contributed by atoms with Gasteiger partial charge < -0.3 is 9.64 Å². The number of hydrogen-bond acceptors (Lipinski definition) is 5. The van der Waals surface area contributed by atoms with Crippen LogP contribution in [0.3, 0.4) is 0 Å². The molecule has 0 aliphatic rings. The molecule has 70 valence electrons. The van der Waals surface area contributed by atoms with Gasteiger partial charge in [0.1, 0.15) is 17.7 Å². The van der Waals surface area contributed by atoms with Crippen LogP contribution in [0, 0.1) is 0 Å². The minimum Gasteiger partial charge on any atom is -0.465 e. The van der Waals surface area contributed by atoms with Gasteiger partial charge in [0.05, 0.1) is 7.11 Å². The van der Waals surface area contributed by atoms with Crippen LogP contribution in [0.4, 0.5) is 5.82 Å². The van der Waals surface area contributed by atoms with Crippen LogP contribution in [0.15, 0.2) is 12.5 Å². The summed E-state index contributed by atoms with van der Waals surface area (Å²) in [5, 5.41) is 0. The summed E-state index contributed by atoms with van der Waals surface area (Å²) in [6.45, 7) is 0. The van der Waals surface area contributed by atoms with Gasteiger partial charge in [0.15, 0.2) is 0 Å². The van der Waals surface area contributed by atoms with E-state index in [-0.39, 0.29) is 0 Å². The normalized spacial score (nSPS) is 9.46. The van der Waals surface area contributed by atoms with Crippen molar-refractivity contribution in [1.29, 1.82) is 0 Å². The first-order chi connectivity index (χ1) is 6.16. The molecule has 0 unspecified atom stereocenters. The number of esters is 1. The highest BCUT2D eigenvalue weighted by atomic mass is 16.5. The Bertz CT molecular complexity index is 312. The fourth-order valence-electron chi connectivity index (χ4n) is 0.933. The van der Waals surface area contributed by atoms with E-state index in [0.717, 1.165) is 0 Å². The SMILES string of the molecule is COC(=O)c1cncnc1N(C)C. The first-order valence-corrected chi connectivity index (χ1v) is 3.72. The van der Waals surface area contributed by atoms with E-state index in [9.17, 15) is 4.79 Å². The molecule has 0 N–H and O–H groups in total. The summed E-state index contributed by atoms with van der Waals surface area (Å²) in [6, 6.07) is 0. The molecule has 0 spiro atoms. The molecule has 0 aliphatic carbocycles. The largest absolute Gasteiger partial charge is 0.465 e. The van der Waals surface area contributed by atoms with Crippen molar-refractivity contribution >= 4 is 11.8 Å². The van der Waals surface area contributed by atoms with Crippen molar-refractivity contribution in [2.45, 2.75) is 0 Å². The third-order valence-corrected chi connectivity index (χ3v) is 1.52. The molecule has 0 aromatic carbocycles. The second kappa shape index (κ2) is 3.84. The third kappa shape index (κ3) is 1.93. The Balaban J connectivity index is 3.12. The molecule has 0 atom stereocenters. The van der Waals surface area contributed by atoms with Crippen molar-refractivity contribution in [3.63, 3.8) is 0 Å². The van der Waals surface area contributed by atoms with Crippen LogP contribution in [0.25, 0.3) is 0 Å². The summed E-state index contributed by atoms with van der Waals surface area (Å²) < 4.78 is 4.58. The van der Waals surface area contributed by atoms with E-state index < -0.39 is 5.97 Å². The van der Waals surface area contributed by atoms with Crippen LogP contribution >= 0.6 is 0 Å². The number of anilines is 1. The molecule has 0 aliphatic heterocycles. The quantitative estimate of drug-likeness (QED) is 0.615. The molecule has 0 saturated carbocycles. The molecular formula is C8H11N3O2. The fourth-order valence-corrected chi connectivity index (χ4v) is 0.933. The fraction of sp³-hybridized carbons (Fsp3) is 0.375. The standard InChI is InChI=1S/C8H11N3O2/c1-11(2)7-6(8(12)13-3)4-9-5-10-7/h4-5H,1-3H3. The number of nitrogens with zero attached hydrogens (tertiary/aromatic N) is 3. The van der Waals surface area contributed by atoms with E-state index in [2.05, 4.69) is 14.7 Å². The topological polar surface area (TPSA) is 55.3 Å². The molecule has 5 nitrogen and oxygen atoms in total. The van der Waals surface area contributed by atoms with Crippen molar-refractivity contribution in [2.24, 2.45) is 0 Å². The van der Waals surface area contributed by atoms with Crippen molar-refractivity contribution in [2.75, 3.05) is 26.1 Å². The maximum absolute atomic E-state index is 11.2.